The summed E-state index contributed by atoms with van der Waals surface area (Å²) in [7, 11) is 0. The minimum Gasteiger partial charge on any atom is -0.387 e. The van der Waals surface area contributed by atoms with E-state index >= 15 is 0 Å². The van der Waals surface area contributed by atoms with Crippen LogP contribution in [-0.4, -0.2) is 17.7 Å². The van der Waals surface area contributed by atoms with E-state index in [1.165, 1.54) is 0 Å². The lowest BCUT2D eigenvalue weighted by Crippen LogP contribution is -2.32. The Kier molecular flexibility index (Phi) is 5.20. The monoisotopic (exact) mass is 304 g/mol. The highest BCUT2D eigenvalue weighted by molar-refractivity contribution is 6.30. The molecule has 0 fully saturated rings. The Balaban J connectivity index is 1.83. The van der Waals surface area contributed by atoms with Gasteiger partial charge in [-0.3, -0.25) is 0 Å². The maximum absolute atomic E-state index is 11.7. The number of rotatable bonds is 4. The number of carbonyl (C=O) groups excluding carboxylic acids is 1. The van der Waals surface area contributed by atoms with Crippen molar-refractivity contribution in [1.29, 1.82) is 0 Å². The molecule has 0 aliphatic rings. The van der Waals surface area contributed by atoms with Crippen molar-refractivity contribution in [1.82, 2.24) is 5.32 Å². The van der Waals surface area contributed by atoms with Gasteiger partial charge in [0.25, 0.3) is 0 Å². The van der Waals surface area contributed by atoms with Gasteiger partial charge in [0.15, 0.2) is 0 Å². The molecule has 0 aliphatic heterocycles. The van der Waals surface area contributed by atoms with Crippen LogP contribution in [0.2, 0.25) is 5.02 Å². The molecule has 0 saturated carbocycles. The molecule has 0 saturated heterocycles. The lowest BCUT2D eigenvalue weighted by atomic mass is 10.1. The van der Waals surface area contributed by atoms with E-state index in [2.05, 4.69) is 10.6 Å². The number of benzene rings is 2. The summed E-state index contributed by atoms with van der Waals surface area (Å²) in [6, 6.07) is 14.0. The standard InChI is InChI=1S/C16H17ClN2O2/c1-11-2-8-14(9-3-11)19-16(21)18-10-15(20)12-4-6-13(17)7-5-12/h2-9,15,20H,10H2,1H3,(H2,18,19,21)/t15-/m0/s1. The van der Waals surface area contributed by atoms with Gasteiger partial charge in [-0.15, -0.1) is 0 Å². The van der Waals surface area contributed by atoms with E-state index in [0.717, 1.165) is 5.56 Å². The second-order valence-electron chi connectivity index (χ2n) is 4.77. The second-order valence-corrected chi connectivity index (χ2v) is 5.20. The SMILES string of the molecule is Cc1ccc(NC(=O)NC[C@H](O)c2ccc(Cl)cc2)cc1. The van der Waals surface area contributed by atoms with Crippen molar-refractivity contribution in [2.75, 3.05) is 11.9 Å². The van der Waals surface area contributed by atoms with Crippen LogP contribution < -0.4 is 10.6 Å². The molecule has 1 atom stereocenters. The zero-order valence-corrected chi connectivity index (χ0v) is 12.4. The fraction of sp³-hybridized carbons (Fsp3) is 0.188. The number of nitrogens with one attached hydrogen (secondary N) is 2. The van der Waals surface area contributed by atoms with Gasteiger partial charge in [-0.1, -0.05) is 41.4 Å². The van der Waals surface area contributed by atoms with Crippen LogP contribution in [0.1, 0.15) is 17.2 Å². The van der Waals surface area contributed by atoms with E-state index in [9.17, 15) is 9.90 Å². The molecular weight excluding hydrogens is 288 g/mol. The highest BCUT2D eigenvalue weighted by Crippen LogP contribution is 2.15. The summed E-state index contributed by atoms with van der Waals surface area (Å²) >= 11 is 5.78. The first-order chi connectivity index (χ1) is 10.0. The summed E-state index contributed by atoms with van der Waals surface area (Å²) in [6.45, 7) is 2.10. The van der Waals surface area contributed by atoms with Crippen LogP contribution in [0, 0.1) is 6.92 Å². The Labute approximate surface area is 128 Å². The number of aliphatic hydroxyl groups excluding tert-OH is 1. The molecule has 3 N–H and O–H groups in total. The van der Waals surface area contributed by atoms with Gasteiger partial charge in [0.2, 0.25) is 0 Å². The Hall–Kier alpha value is -2.04. The fourth-order valence-electron chi connectivity index (χ4n) is 1.80. The zero-order valence-electron chi connectivity index (χ0n) is 11.6. The molecule has 0 heterocycles. The third-order valence-electron chi connectivity index (χ3n) is 3.02. The molecule has 2 amide bonds. The molecule has 2 aromatic carbocycles. The Morgan fingerprint density at radius 3 is 2.38 bits per heavy atom. The van der Waals surface area contributed by atoms with Crippen molar-refractivity contribution in [3.8, 4) is 0 Å². The van der Waals surface area contributed by atoms with E-state index in [4.69, 9.17) is 11.6 Å². The van der Waals surface area contributed by atoms with Gasteiger partial charge in [0.1, 0.15) is 0 Å². The zero-order chi connectivity index (χ0) is 15.2. The number of hydrogen-bond acceptors (Lipinski definition) is 2. The number of anilines is 1. The first-order valence-electron chi connectivity index (χ1n) is 6.59. The predicted octanol–water partition coefficient (Wildman–Crippen LogP) is 3.50. The Morgan fingerprint density at radius 2 is 1.76 bits per heavy atom. The molecule has 4 nitrogen and oxygen atoms in total. The topological polar surface area (TPSA) is 61.4 Å². The van der Waals surface area contributed by atoms with Crippen LogP contribution >= 0.6 is 11.6 Å². The minimum atomic E-state index is -0.772. The number of hydrogen-bond donors (Lipinski definition) is 3. The maximum atomic E-state index is 11.7. The van der Waals surface area contributed by atoms with E-state index in [-0.39, 0.29) is 12.6 Å². The first-order valence-corrected chi connectivity index (χ1v) is 6.97. The first kappa shape index (κ1) is 15.4. The van der Waals surface area contributed by atoms with Crippen LogP contribution in [-0.2, 0) is 0 Å². The Morgan fingerprint density at radius 1 is 1.14 bits per heavy atom. The molecule has 5 heteroatoms. The van der Waals surface area contributed by atoms with E-state index < -0.39 is 6.10 Å². The third kappa shape index (κ3) is 4.77. The van der Waals surface area contributed by atoms with Crippen molar-refractivity contribution in [2.45, 2.75) is 13.0 Å². The number of amides is 2. The molecular formula is C16H17ClN2O2. The van der Waals surface area contributed by atoms with Crippen molar-refractivity contribution >= 4 is 23.3 Å². The summed E-state index contributed by atoms with van der Waals surface area (Å²) in [5.74, 6) is 0. The van der Waals surface area contributed by atoms with Crippen molar-refractivity contribution in [3.05, 3.63) is 64.7 Å². The molecule has 0 spiro atoms. The van der Waals surface area contributed by atoms with E-state index in [1.807, 2.05) is 31.2 Å². The highest BCUT2D eigenvalue weighted by atomic mass is 35.5. The van der Waals surface area contributed by atoms with Crippen molar-refractivity contribution in [3.63, 3.8) is 0 Å². The summed E-state index contributed by atoms with van der Waals surface area (Å²) in [5, 5.41) is 15.9. The number of urea groups is 1. The smallest absolute Gasteiger partial charge is 0.319 e. The van der Waals surface area contributed by atoms with Crippen LogP contribution in [0.25, 0.3) is 0 Å². The lowest BCUT2D eigenvalue weighted by molar-refractivity contribution is 0.175. The van der Waals surface area contributed by atoms with Gasteiger partial charge in [0.05, 0.1) is 6.10 Å². The predicted molar refractivity (Wildman–Crippen MR) is 84.6 cm³/mol. The van der Waals surface area contributed by atoms with Crippen LogP contribution in [0.3, 0.4) is 0 Å². The number of halogens is 1. The van der Waals surface area contributed by atoms with Crippen LogP contribution in [0.15, 0.2) is 48.5 Å². The number of aliphatic hydroxyl groups is 1. The normalized spacial score (nSPS) is 11.8. The van der Waals surface area contributed by atoms with Crippen LogP contribution in [0.4, 0.5) is 10.5 Å². The molecule has 2 aromatic rings. The molecule has 110 valence electrons. The van der Waals surface area contributed by atoms with Crippen molar-refractivity contribution < 1.29 is 9.90 Å². The molecule has 0 bridgehead atoms. The highest BCUT2D eigenvalue weighted by Gasteiger charge is 2.09. The number of carbonyl (C=O) groups is 1. The summed E-state index contributed by atoms with van der Waals surface area (Å²) in [6.07, 6.45) is -0.772. The quantitative estimate of drug-likeness (QED) is 0.809. The van der Waals surface area contributed by atoms with Gasteiger partial charge in [-0.2, -0.15) is 0 Å². The average molecular weight is 305 g/mol. The largest absolute Gasteiger partial charge is 0.387 e. The summed E-state index contributed by atoms with van der Waals surface area (Å²) in [5.41, 5.74) is 2.54. The number of aryl methyl sites for hydroxylation is 1. The van der Waals surface area contributed by atoms with Gasteiger partial charge >= 0.3 is 6.03 Å². The summed E-state index contributed by atoms with van der Waals surface area (Å²) < 4.78 is 0. The summed E-state index contributed by atoms with van der Waals surface area (Å²) in [4.78, 5) is 11.7. The molecule has 2 rings (SSSR count). The molecule has 0 radical (unpaired) electrons. The van der Waals surface area contributed by atoms with Gasteiger partial charge in [-0.25, -0.2) is 4.79 Å². The van der Waals surface area contributed by atoms with Gasteiger partial charge < -0.3 is 15.7 Å². The van der Waals surface area contributed by atoms with E-state index in [1.54, 1.807) is 24.3 Å². The fourth-order valence-corrected chi connectivity index (χ4v) is 1.93. The lowest BCUT2D eigenvalue weighted by Gasteiger charge is -2.13. The molecule has 0 aliphatic carbocycles. The third-order valence-corrected chi connectivity index (χ3v) is 3.27. The molecule has 21 heavy (non-hydrogen) atoms. The Bertz CT molecular complexity index is 597. The van der Waals surface area contributed by atoms with Gasteiger partial charge in [0, 0.05) is 17.3 Å². The van der Waals surface area contributed by atoms with Gasteiger partial charge in [-0.05, 0) is 36.8 Å². The van der Waals surface area contributed by atoms with E-state index in [0.29, 0.717) is 16.3 Å². The molecule has 0 unspecified atom stereocenters. The second kappa shape index (κ2) is 7.11. The molecule has 0 aromatic heterocycles. The minimum absolute atomic E-state index is 0.124. The van der Waals surface area contributed by atoms with Crippen LogP contribution in [0.5, 0.6) is 0 Å². The van der Waals surface area contributed by atoms with Crippen molar-refractivity contribution in [2.24, 2.45) is 0 Å². The average Bonchev–Trinajstić information content (AvgIpc) is 2.48. The maximum Gasteiger partial charge on any atom is 0.319 e.